The third-order valence-corrected chi connectivity index (χ3v) is 4.20. The zero-order valence-electron chi connectivity index (χ0n) is 14.8. The van der Waals surface area contributed by atoms with Crippen LogP contribution in [0.5, 0.6) is 0 Å². The van der Waals surface area contributed by atoms with Crippen LogP contribution in [0, 0.1) is 6.92 Å². The molecule has 0 atom stereocenters. The Morgan fingerprint density at radius 3 is 2.31 bits per heavy atom. The first kappa shape index (κ1) is 17.9. The summed E-state index contributed by atoms with van der Waals surface area (Å²) in [6, 6.07) is 14.9. The highest BCUT2D eigenvalue weighted by atomic mass is 16.5. The highest BCUT2D eigenvalue weighted by molar-refractivity contribution is 6.02. The van der Waals surface area contributed by atoms with Crippen LogP contribution in [-0.2, 0) is 9.53 Å². The van der Waals surface area contributed by atoms with Crippen molar-refractivity contribution in [1.29, 1.82) is 0 Å². The predicted octanol–water partition coefficient (Wildman–Crippen LogP) is 3.12. The molecule has 3 rings (SSSR count). The fourth-order valence-electron chi connectivity index (χ4n) is 2.68. The summed E-state index contributed by atoms with van der Waals surface area (Å²) in [7, 11) is 0. The number of benzene rings is 2. The molecule has 1 fully saturated rings. The first-order valence-corrected chi connectivity index (χ1v) is 8.65. The summed E-state index contributed by atoms with van der Waals surface area (Å²) >= 11 is 0. The van der Waals surface area contributed by atoms with Gasteiger partial charge in [-0.25, -0.2) is 0 Å². The van der Waals surface area contributed by atoms with Crippen molar-refractivity contribution in [2.75, 3.05) is 31.6 Å². The average Bonchev–Trinajstić information content (AvgIpc) is 2.68. The van der Waals surface area contributed by atoms with Crippen molar-refractivity contribution in [2.24, 2.45) is 0 Å². The van der Waals surface area contributed by atoms with Crippen molar-refractivity contribution < 1.29 is 14.3 Å². The van der Waals surface area contributed by atoms with Crippen LogP contribution in [0.3, 0.4) is 0 Å². The normalized spacial score (nSPS) is 14.4. The third kappa shape index (κ3) is 4.80. The van der Waals surface area contributed by atoms with Crippen LogP contribution in [0.25, 0.3) is 6.08 Å². The summed E-state index contributed by atoms with van der Waals surface area (Å²) in [6.45, 7) is 4.40. The molecule has 1 aliphatic rings. The molecular formula is C21H22N2O3. The fraction of sp³-hybridized carbons (Fsp3) is 0.238. The Kier molecular flexibility index (Phi) is 5.81. The van der Waals surface area contributed by atoms with Crippen LogP contribution in [0.2, 0.25) is 0 Å². The van der Waals surface area contributed by atoms with Gasteiger partial charge < -0.3 is 15.0 Å². The average molecular weight is 350 g/mol. The summed E-state index contributed by atoms with van der Waals surface area (Å²) in [5.74, 6) is -0.219. The number of carbonyl (C=O) groups is 2. The minimum Gasteiger partial charge on any atom is -0.378 e. The van der Waals surface area contributed by atoms with Crippen molar-refractivity contribution >= 4 is 23.6 Å². The van der Waals surface area contributed by atoms with E-state index in [0.717, 1.165) is 5.56 Å². The van der Waals surface area contributed by atoms with Crippen molar-refractivity contribution in [3.05, 3.63) is 71.3 Å². The van der Waals surface area contributed by atoms with Gasteiger partial charge in [-0.3, -0.25) is 9.59 Å². The van der Waals surface area contributed by atoms with Gasteiger partial charge in [0.2, 0.25) is 5.91 Å². The zero-order chi connectivity index (χ0) is 18.4. The van der Waals surface area contributed by atoms with Gasteiger partial charge in [0, 0.05) is 30.4 Å². The van der Waals surface area contributed by atoms with Gasteiger partial charge in [-0.05, 0) is 42.8 Å². The lowest BCUT2D eigenvalue weighted by molar-refractivity contribution is -0.111. The van der Waals surface area contributed by atoms with Crippen LogP contribution >= 0.6 is 0 Å². The smallest absolute Gasteiger partial charge is 0.254 e. The molecule has 5 nitrogen and oxygen atoms in total. The van der Waals surface area contributed by atoms with Crippen LogP contribution < -0.4 is 5.32 Å². The molecule has 1 aliphatic heterocycles. The van der Waals surface area contributed by atoms with E-state index in [4.69, 9.17) is 4.74 Å². The molecule has 0 unspecified atom stereocenters. The van der Waals surface area contributed by atoms with E-state index in [0.29, 0.717) is 37.6 Å². The van der Waals surface area contributed by atoms with Crippen LogP contribution in [-0.4, -0.2) is 43.0 Å². The highest BCUT2D eigenvalue weighted by Gasteiger charge is 2.18. The molecule has 26 heavy (non-hydrogen) atoms. The number of nitrogens with zero attached hydrogens (tertiary/aromatic N) is 1. The quantitative estimate of drug-likeness (QED) is 0.862. The molecule has 2 aromatic carbocycles. The Hall–Kier alpha value is -2.92. The highest BCUT2D eigenvalue weighted by Crippen LogP contribution is 2.13. The van der Waals surface area contributed by atoms with E-state index in [1.165, 1.54) is 11.6 Å². The van der Waals surface area contributed by atoms with Gasteiger partial charge >= 0.3 is 0 Å². The molecule has 0 bridgehead atoms. The van der Waals surface area contributed by atoms with E-state index in [9.17, 15) is 9.59 Å². The maximum absolute atomic E-state index is 12.4. The van der Waals surface area contributed by atoms with Crippen LogP contribution in [0.15, 0.2) is 54.6 Å². The number of carbonyl (C=O) groups excluding carboxylic acids is 2. The number of nitrogens with one attached hydrogen (secondary N) is 1. The molecule has 1 N–H and O–H groups in total. The van der Waals surface area contributed by atoms with Crippen molar-refractivity contribution in [1.82, 2.24) is 4.90 Å². The second-order valence-corrected chi connectivity index (χ2v) is 6.22. The number of ether oxygens (including phenoxy) is 1. The van der Waals surface area contributed by atoms with Gasteiger partial charge in [0.25, 0.3) is 5.91 Å². The molecule has 0 saturated carbocycles. The van der Waals surface area contributed by atoms with Crippen molar-refractivity contribution in [3.63, 3.8) is 0 Å². The molecular weight excluding hydrogens is 328 g/mol. The Bertz CT molecular complexity index is 789. The summed E-state index contributed by atoms with van der Waals surface area (Å²) in [5.41, 5.74) is 3.41. The number of hydrogen-bond donors (Lipinski definition) is 1. The van der Waals surface area contributed by atoms with Crippen LogP contribution in [0.4, 0.5) is 5.69 Å². The molecule has 1 saturated heterocycles. The van der Waals surface area contributed by atoms with E-state index >= 15 is 0 Å². The number of aryl methyl sites for hydroxylation is 1. The van der Waals surface area contributed by atoms with E-state index in [-0.39, 0.29) is 11.8 Å². The van der Waals surface area contributed by atoms with E-state index in [1.807, 2.05) is 31.2 Å². The predicted molar refractivity (Wildman–Crippen MR) is 102 cm³/mol. The largest absolute Gasteiger partial charge is 0.378 e. The number of hydrogen-bond acceptors (Lipinski definition) is 3. The van der Waals surface area contributed by atoms with Gasteiger partial charge in [-0.2, -0.15) is 0 Å². The molecule has 5 heteroatoms. The Morgan fingerprint density at radius 2 is 1.65 bits per heavy atom. The van der Waals surface area contributed by atoms with Crippen LogP contribution in [0.1, 0.15) is 21.5 Å². The standard InChI is InChI=1S/C21H22N2O3/c1-16-2-4-17(5-3-16)6-11-20(24)22-19-9-7-18(8-10-19)21(25)23-12-14-26-15-13-23/h2-11H,12-15H2,1H3,(H,22,24)/b11-6+. The monoisotopic (exact) mass is 350 g/mol. The Labute approximate surface area is 153 Å². The number of rotatable bonds is 4. The van der Waals surface area contributed by atoms with E-state index in [1.54, 1.807) is 35.2 Å². The summed E-state index contributed by atoms with van der Waals surface area (Å²) in [6.07, 6.45) is 3.27. The second kappa shape index (κ2) is 8.45. The molecule has 134 valence electrons. The summed E-state index contributed by atoms with van der Waals surface area (Å²) in [5, 5.41) is 2.80. The SMILES string of the molecule is Cc1ccc(/C=C/C(=O)Nc2ccc(C(=O)N3CCOCC3)cc2)cc1. The summed E-state index contributed by atoms with van der Waals surface area (Å²) < 4.78 is 5.26. The number of anilines is 1. The van der Waals surface area contributed by atoms with E-state index in [2.05, 4.69) is 5.32 Å². The molecule has 1 heterocycles. The minimum atomic E-state index is -0.210. The molecule has 0 aliphatic carbocycles. The third-order valence-electron chi connectivity index (χ3n) is 4.20. The van der Waals surface area contributed by atoms with Crippen molar-refractivity contribution in [2.45, 2.75) is 6.92 Å². The molecule has 2 aromatic rings. The summed E-state index contributed by atoms with van der Waals surface area (Å²) in [4.78, 5) is 26.2. The maximum Gasteiger partial charge on any atom is 0.254 e. The first-order valence-electron chi connectivity index (χ1n) is 8.65. The van der Waals surface area contributed by atoms with Gasteiger partial charge in [0.1, 0.15) is 0 Å². The lowest BCUT2D eigenvalue weighted by atomic mass is 10.1. The maximum atomic E-state index is 12.4. The lowest BCUT2D eigenvalue weighted by Crippen LogP contribution is -2.40. The second-order valence-electron chi connectivity index (χ2n) is 6.22. The van der Waals surface area contributed by atoms with Crippen molar-refractivity contribution in [3.8, 4) is 0 Å². The number of amides is 2. The first-order chi connectivity index (χ1) is 12.6. The fourth-order valence-corrected chi connectivity index (χ4v) is 2.68. The van der Waals surface area contributed by atoms with Gasteiger partial charge in [0.15, 0.2) is 0 Å². The molecule has 0 aromatic heterocycles. The molecule has 2 amide bonds. The van der Waals surface area contributed by atoms with Gasteiger partial charge in [0.05, 0.1) is 13.2 Å². The van der Waals surface area contributed by atoms with Gasteiger partial charge in [-0.15, -0.1) is 0 Å². The van der Waals surface area contributed by atoms with E-state index < -0.39 is 0 Å². The zero-order valence-corrected chi connectivity index (χ0v) is 14.8. The Balaban J connectivity index is 1.57. The molecule has 0 radical (unpaired) electrons. The Morgan fingerprint density at radius 1 is 1.00 bits per heavy atom. The van der Waals surface area contributed by atoms with Gasteiger partial charge in [-0.1, -0.05) is 29.8 Å². The minimum absolute atomic E-state index is 0.00885. The molecule has 0 spiro atoms. The topological polar surface area (TPSA) is 58.6 Å². The number of morpholine rings is 1. The lowest BCUT2D eigenvalue weighted by Gasteiger charge is -2.26.